The molecule has 0 aromatic carbocycles. The Morgan fingerprint density at radius 1 is 0.488 bits per heavy atom. The number of rotatable bonds is 31. The number of nitrogens with zero attached hydrogens (tertiary/aromatic N) is 1. The van der Waals surface area contributed by atoms with Crippen LogP contribution in [0.4, 0.5) is 0 Å². The highest BCUT2D eigenvalue weighted by Crippen LogP contribution is 2.21. The molecular weight excluding hydrogens is 542 g/mol. The molecule has 0 fully saturated rings. The van der Waals surface area contributed by atoms with Gasteiger partial charge in [0.2, 0.25) is 0 Å². The van der Waals surface area contributed by atoms with Crippen LogP contribution >= 0.6 is 0 Å². The minimum absolute atomic E-state index is 0.143. The maximum atomic E-state index is 11.6. The molecule has 43 heavy (non-hydrogen) atoms. The van der Waals surface area contributed by atoms with E-state index in [2.05, 4.69) is 13.0 Å². The van der Waals surface area contributed by atoms with Gasteiger partial charge < -0.3 is 19.8 Å². The van der Waals surface area contributed by atoms with Gasteiger partial charge in [-0.25, -0.2) is 0 Å². The molecule has 0 rings (SSSR count). The summed E-state index contributed by atoms with van der Waals surface area (Å²) in [6, 6.07) is 0. The van der Waals surface area contributed by atoms with Crippen molar-refractivity contribution in [2.24, 2.45) is 17.8 Å². The number of quaternary nitrogens is 1. The van der Waals surface area contributed by atoms with Crippen LogP contribution in [0.3, 0.4) is 0 Å². The average Bonchev–Trinajstić information content (AvgIpc) is 2.95. The monoisotopic (exact) mass is 611 g/mol. The molecule has 0 aliphatic carbocycles. The Kier molecular flexibility index (Phi) is 25.3. The van der Waals surface area contributed by atoms with Crippen LogP contribution in [0, 0.1) is 17.8 Å². The fraction of sp³-hybridized carbons (Fsp3) is 0.861. The maximum Gasteiger partial charge on any atom is 0.311 e. The van der Waals surface area contributed by atoms with E-state index in [1.54, 1.807) is 20.8 Å². The van der Waals surface area contributed by atoms with Gasteiger partial charge in [-0.15, -0.1) is 0 Å². The van der Waals surface area contributed by atoms with Crippen LogP contribution in [0.15, 0.2) is 12.2 Å². The Morgan fingerprint density at radius 3 is 1.05 bits per heavy atom. The number of carboxylic acid groups (broad SMARTS) is 3. The molecule has 0 amide bonds. The lowest BCUT2D eigenvalue weighted by Gasteiger charge is -2.41. The quantitative estimate of drug-likeness (QED) is 0.0410. The van der Waals surface area contributed by atoms with Gasteiger partial charge in [0.1, 0.15) is 17.8 Å². The van der Waals surface area contributed by atoms with Crippen molar-refractivity contribution in [2.75, 3.05) is 26.2 Å². The van der Waals surface area contributed by atoms with Crippen molar-refractivity contribution in [2.45, 2.75) is 156 Å². The Labute approximate surface area is 264 Å². The summed E-state index contributed by atoms with van der Waals surface area (Å²) in [5.74, 6) is -4.95. The van der Waals surface area contributed by atoms with E-state index in [-0.39, 0.29) is 24.1 Å². The number of aliphatic carboxylic acids is 3. The minimum Gasteiger partial charge on any atom is -0.481 e. The second kappa shape index (κ2) is 26.5. The number of unbranched alkanes of at least 4 members (excludes halogenated alkanes) is 19. The van der Waals surface area contributed by atoms with Gasteiger partial charge in [-0.3, -0.25) is 14.4 Å². The molecule has 7 heteroatoms. The van der Waals surface area contributed by atoms with E-state index in [1.807, 2.05) is 6.08 Å². The molecule has 0 aliphatic heterocycles. The highest BCUT2D eigenvalue weighted by atomic mass is 16.4. The fourth-order valence-corrected chi connectivity index (χ4v) is 6.18. The first-order valence-corrected chi connectivity index (χ1v) is 17.7. The lowest BCUT2D eigenvalue weighted by atomic mass is 10.0. The van der Waals surface area contributed by atoms with Crippen LogP contribution in [-0.2, 0) is 14.4 Å². The number of carbonyl (C=O) groups is 3. The molecule has 0 bridgehead atoms. The van der Waals surface area contributed by atoms with Gasteiger partial charge in [0, 0.05) is 0 Å². The molecule has 0 aromatic heterocycles. The second-order valence-electron chi connectivity index (χ2n) is 13.4. The third-order valence-electron chi connectivity index (χ3n) is 8.88. The van der Waals surface area contributed by atoms with Crippen LogP contribution in [0.5, 0.6) is 0 Å². The van der Waals surface area contributed by atoms with Crippen molar-refractivity contribution >= 4 is 17.9 Å². The molecule has 0 spiro atoms. The van der Waals surface area contributed by atoms with Gasteiger partial charge >= 0.3 is 17.9 Å². The number of allylic oxidation sites excluding steroid dienone is 1. The van der Waals surface area contributed by atoms with E-state index in [0.29, 0.717) is 6.54 Å². The zero-order chi connectivity index (χ0) is 32.3. The molecule has 0 aliphatic rings. The highest BCUT2D eigenvalue weighted by Gasteiger charge is 2.37. The summed E-state index contributed by atoms with van der Waals surface area (Å²) in [6.45, 7) is 8.14. The van der Waals surface area contributed by atoms with Crippen molar-refractivity contribution in [3.8, 4) is 0 Å². The first kappa shape index (κ1) is 41.1. The second-order valence-corrected chi connectivity index (χ2v) is 13.4. The predicted octanol–water partition coefficient (Wildman–Crippen LogP) is 9.34. The van der Waals surface area contributed by atoms with Crippen molar-refractivity contribution in [1.82, 2.24) is 0 Å². The Morgan fingerprint density at radius 2 is 0.767 bits per heavy atom. The number of carboxylic acids is 3. The van der Waals surface area contributed by atoms with Crippen molar-refractivity contribution in [3.05, 3.63) is 12.2 Å². The van der Waals surface area contributed by atoms with Crippen LogP contribution < -0.4 is 0 Å². The van der Waals surface area contributed by atoms with E-state index >= 15 is 0 Å². The Hall–Kier alpha value is -1.89. The summed E-state index contributed by atoms with van der Waals surface area (Å²) in [5, 5.41) is 28.6. The number of hydrogen-bond acceptors (Lipinski definition) is 3. The van der Waals surface area contributed by atoms with Gasteiger partial charge in [-0.05, 0) is 39.7 Å². The zero-order valence-corrected chi connectivity index (χ0v) is 28.4. The Balaban J connectivity index is 4.20. The summed E-state index contributed by atoms with van der Waals surface area (Å²) in [4.78, 5) is 34.9. The molecule has 0 saturated heterocycles. The summed E-state index contributed by atoms with van der Waals surface area (Å²) in [6.07, 6.45) is 30.7. The lowest BCUT2D eigenvalue weighted by Crippen LogP contribution is -2.57. The largest absolute Gasteiger partial charge is 0.481 e. The van der Waals surface area contributed by atoms with E-state index < -0.39 is 35.7 Å². The van der Waals surface area contributed by atoms with Gasteiger partial charge in [0.25, 0.3) is 0 Å². The SMILES string of the molecule is CCCCCCCCCCCCCCCCCCCCC/C=C/C[N+](CC(C)C(=O)O)(CC(C)C(=O)O)CC(C)C(=O)O. The fourth-order valence-electron chi connectivity index (χ4n) is 6.18. The molecule has 0 heterocycles. The summed E-state index contributed by atoms with van der Waals surface area (Å²) in [5.41, 5.74) is 0. The Bertz CT molecular complexity index is 697. The van der Waals surface area contributed by atoms with Crippen molar-refractivity contribution < 1.29 is 34.2 Å². The lowest BCUT2D eigenvalue weighted by molar-refractivity contribution is -0.928. The van der Waals surface area contributed by atoms with Gasteiger partial charge in [0.15, 0.2) is 0 Å². The van der Waals surface area contributed by atoms with E-state index in [1.165, 1.54) is 116 Å². The molecule has 7 nitrogen and oxygen atoms in total. The molecule has 0 aromatic rings. The van der Waals surface area contributed by atoms with Crippen LogP contribution in [-0.4, -0.2) is 63.9 Å². The molecule has 252 valence electrons. The molecule has 3 N–H and O–H groups in total. The molecule has 3 atom stereocenters. The van der Waals surface area contributed by atoms with Crippen molar-refractivity contribution in [1.29, 1.82) is 0 Å². The highest BCUT2D eigenvalue weighted by molar-refractivity contribution is 5.70. The van der Waals surface area contributed by atoms with E-state index in [4.69, 9.17) is 0 Å². The molecule has 0 saturated carbocycles. The average molecular weight is 611 g/mol. The number of hydrogen-bond donors (Lipinski definition) is 3. The van der Waals surface area contributed by atoms with Gasteiger partial charge in [0.05, 0.1) is 26.2 Å². The predicted molar refractivity (Wildman–Crippen MR) is 177 cm³/mol. The molecule has 3 unspecified atom stereocenters. The smallest absolute Gasteiger partial charge is 0.311 e. The van der Waals surface area contributed by atoms with E-state index in [9.17, 15) is 29.7 Å². The summed E-state index contributed by atoms with van der Waals surface area (Å²) >= 11 is 0. The summed E-state index contributed by atoms with van der Waals surface area (Å²) in [7, 11) is 0. The van der Waals surface area contributed by atoms with Crippen LogP contribution in [0.2, 0.25) is 0 Å². The first-order valence-electron chi connectivity index (χ1n) is 17.7. The third kappa shape index (κ3) is 23.2. The molecular formula is C36H68NO6+. The zero-order valence-electron chi connectivity index (χ0n) is 28.4. The standard InChI is InChI=1S/C36H67NO6/c1-5-6-7-8-9-10-11-12-13-14-15-16-17-18-19-20-21-22-23-24-25-26-27-37(28-31(2)34(38)39,29-32(3)35(40)41)30-33(4)36(42)43/h25-26,31-33H,5-24,27-30H2,1-4H3,(H2-,38,39,40,41,42,43)/p+1/b26-25+. The maximum absolute atomic E-state index is 11.6. The van der Waals surface area contributed by atoms with Gasteiger partial charge in [-0.2, -0.15) is 0 Å². The van der Waals surface area contributed by atoms with Crippen LogP contribution in [0.25, 0.3) is 0 Å². The normalized spacial score (nSPS) is 15.3. The minimum atomic E-state index is -0.952. The first-order chi connectivity index (χ1) is 20.5. The van der Waals surface area contributed by atoms with Crippen LogP contribution in [0.1, 0.15) is 156 Å². The summed E-state index contributed by atoms with van der Waals surface area (Å²) < 4.78 is 0.143. The molecule has 0 radical (unpaired) electrons. The van der Waals surface area contributed by atoms with Gasteiger partial charge in [-0.1, -0.05) is 129 Å². The topological polar surface area (TPSA) is 112 Å². The van der Waals surface area contributed by atoms with E-state index in [0.717, 1.165) is 12.8 Å². The van der Waals surface area contributed by atoms with Crippen molar-refractivity contribution in [3.63, 3.8) is 0 Å². The third-order valence-corrected chi connectivity index (χ3v) is 8.88.